The summed E-state index contributed by atoms with van der Waals surface area (Å²) in [5, 5.41) is 9.91. The van der Waals surface area contributed by atoms with E-state index in [2.05, 4.69) is 20.9 Å². The molecule has 12 heteroatoms. The van der Waals surface area contributed by atoms with E-state index in [1.807, 2.05) is 53.1 Å². The van der Waals surface area contributed by atoms with Crippen LogP contribution in [-0.4, -0.2) is 55.9 Å². The maximum atomic E-state index is 13.1. The number of hydrogen-bond acceptors (Lipinski definition) is 7. The molecule has 2 aliphatic heterocycles. The van der Waals surface area contributed by atoms with Crippen molar-refractivity contribution >= 4 is 63.1 Å². The molecule has 0 radical (unpaired) electrons. The molecule has 1 saturated heterocycles. The quantitative estimate of drug-likeness (QED) is 0.223. The summed E-state index contributed by atoms with van der Waals surface area (Å²) in [5.41, 5.74) is 3.84. The van der Waals surface area contributed by atoms with Crippen molar-refractivity contribution in [3.63, 3.8) is 0 Å². The molecular weight excluding hydrogens is 600 g/mol. The predicted octanol–water partition coefficient (Wildman–Crippen LogP) is 3.09. The normalized spacial score (nSPS) is 16.0. The Kier molecular flexibility index (Phi) is 7.52. The van der Waals surface area contributed by atoms with Crippen molar-refractivity contribution in [2.75, 3.05) is 5.32 Å². The SMILES string of the molecule is O=C(Cn1c2ccccc2c2cccnc21)NCc1ccc(CC(=O)Nc2ccc3c(c2)C(=O)N(C2CCC(=O)NC2=O)C3=O)cc1. The number of rotatable bonds is 8. The maximum absolute atomic E-state index is 13.1. The van der Waals surface area contributed by atoms with E-state index in [4.69, 9.17) is 0 Å². The van der Waals surface area contributed by atoms with Gasteiger partial charge in [-0.25, -0.2) is 4.98 Å². The molecule has 5 aromatic rings. The smallest absolute Gasteiger partial charge is 0.262 e. The molecule has 6 amide bonds. The first-order valence-electron chi connectivity index (χ1n) is 15.1. The van der Waals surface area contributed by atoms with Crippen molar-refractivity contribution in [3.05, 3.63) is 107 Å². The Morgan fingerprint density at radius 2 is 1.57 bits per heavy atom. The Hall–Kier alpha value is -6.17. The number of piperidine rings is 1. The second kappa shape index (κ2) is 12.0. The summed E-state index contributed by atoms with van der Waals surface area (Å²) in [6, 6.07) is 22.4. The van der Waals surface area contributed by atoms with Gasteiger partial charge >= 0.3 is 0 Å². The number of carbonyl (C=O) groups is 6. The van der Waals surface area contributed by atoms with Gasteiger partial charge in [0.15, 0.2) is 0 Å². The van der Waals surface area contributed by atoms with Crippen LogP contribution in [0.4, 0.5) is 5.69 Å². The number of anilines is 1. The molecule has 7 rings (SSSR count). The molecule has 0 saturated carbocycles. The van der Waals surface area contributed by atoms with Crippen LogP contribution in [0.1, 0.15) is 44.7 Å². The number of nitrogens with one attached hydrogen (secondary N) is 3. The van der Waals surface area contributed by atoms with Crippen molar-refractivity contribution in [2.24, 2.45) is 0 Å². The third-order valence-electron chi connectivity index (χ3n) is 8.43. The van der Waals surface area contributed by atoms with Gasteiger partial charge in [0.25, 0.3) is 11.8 Å². The standard InChI is InChI=1S/C35H28N6O6/c42-29-14-13-28(33(45)39-29)41-34(46)25-12-11-22(17-26(25)35(41)47)38-30(43)16-20-7-9-21(10-8-20)18-37-31(44)19-40-27-6-2-1-4-23(27)24-5-3-15-36-32(24)40/h1-12,15,17,28H,13-14,16,18-19H2,(H,37,44)(H,38,43)(H,39,42,45). The molecule has 0 spiro atoms. The number of para-hydroxylation sites is 1. The summed E-state index contributed by atoms with van der Waals surface area (Å²) < 4.78 is 1.91. The number of benzene rings is 3. The van der Waals surface area contributed by atoms with Crippen molar-refractivity contribution in [2.45, 2.75) is 38.4 Å². The van der Waals surface area contributed by atoms with E-state index >= 15 is 0 Å². The molecule has 234 valence electrons. The molecule has 0 bridgehead atoms. The average molecular weight is 629 g/mol. The molecule has 0 aliphatic carbocycles. The van der Waals surface area contributed by atoms with Crippen LogP contribution in [0.2, 0.25) is 0 Å². The fourth-order valence-electron chi connectivity index (χ4n) is 6.15. The minimum Gasteiger partial charge on any atom is -0.350 e. The first kappa shape index (κ1) is 29.5. The highest BCUT2D eigenvalue weighted by Gasteiger charge is 2.44. The molecule has 3 aromatic carbocycles. The van der Waals surface area contributed by atoms with Gasteiger partial charge in [-0.2, -0.15) is 0 Å². The second-order valence-electron chi connectivity index (χ2n) is 11.5. The lowest BCUT2D eigenvalue weighted by Gasteiger charge is -2.27. The minimum absolute atomic E-state index is 0.0301. The van der Waals surface area contributed by atoms with Crippen molar-refractivity contribution < 1.29 is 28.8 Å². The molecule has 1 atom stereocenters. The molecule has 47 heavy (non-hydrogen) atoms. The Morgan fingerprint density at radius 3 is 2.38 bits per heavy atom. The van der Waals surface area contributed by atoms with Gasteiger partial charge in [0.2, 0.25) is 23.6 Å². The van der Waals surface area contributed by atoms with Crippen LogP contribution in [0.3, 0.4) is 0 Å². The number of imide groups is 2. The zero-order chi connectivity index (χ0) is 32.7. The summed E-state index contributed by atoms with van der Waals surface area (Å²) in [4.78, 5) is 80.9. The lowest BCUT2D eigenvalue weighted by molar-refractivity contribution is -0.136. The molecule has 4 heterocycles. The molecule has 2 aromatic heterocycles. The van der Waals surface area contributed by atoms with E-state index in [1.54, 1.807) is 18.3 Å². The number of aromatic nitrogens is 2. The second-order valence-corrected chi connectivity index (χ2v) is 11.5. The molecule has 3 N–H and O–H groups in total. The molecule has 1 unspecified atom stereocenters. The molecule has 2 aliphatic rings. The largest absolute Gasteiger partial charge is 0.350 e. The van der Waals surface area contributed by atoms with Gasteiger partial charge in [-0.3, -0.25) is 39.0 Å². The third-order valence-corrected chi connectivity index (χ3v) is 8.43. The number of hydrogen-bond donors (Lipinski definition) is 3. The van der Waals surface area contributed by atoms with Gasteiger partial charge in [0.05, 0.1) is 23.1 Å². The van der Waals surface area contributed by atoms with E-state index < -0.39 is 29.7 Å². The van der Waals surface area contributed by atoms with Crippen molar-refractivity contribution in [1.82, 2.24) is 25.1 Å². The van der Waals surface area contributed by atoms with E-state index in [1.165, 1.54) is 18.2 Å². The Morgan fingerprint density at radius 1 is 0.830 bits per heavy atom. The highest BCUT2D eigenvalue weighted by Crippen LogP contribution is 2.30. The highest BCUT2D eigenvalue weighted by molar-refractivity contribution is 6.24. The summed E-state index contributed by atoms with van der Waals surface area (Å²) in [5.74, 6) is -2.88. The molecular formula is C35H28N6O6. The van der Waals surface area contributed by atoms with Crippen LogP contribution in [0, 0.1) is 0 Å². The zero-order valence-corrected chi connectivity index (χ0v) is 25.0. The van der Waals surface area contributed by atoms with Crippen LogP contribution < -0.4 is 16.0 Å². The maximum Gasteiger partial charge on any atom is 0.262 e. The Balaban J connectivity index is 0.943. The van der Waals surface area contributed by atoms with Crippen LogP contribution >= 0.6 is 0 Å². The van der Waals surface area contributed by atoms with Crippen LogP contribution in [-0.2, 0) is 38.7 Å². The fraction of sp³-hybridized carbons (Fsp3) is 0.171. The van der Waals surface area contributed by atoms with Gasteiger partial charge in [0, 0.05) is 35.6 Å². The van der Waals surface area contributed by atoms with Crippen LogP contribution in [0.15, 0.2) is 85.1 Å². The number of carbonyl (C=O) groups excluding carboxylic acids is 6. The van der Waals surface area contributed by atoms with Crippen molar-refractivity contribution in [1.29, 1.82) is 0 Å². The molecule has 1 fully saturated rings. The number of amides is 6. The van der Waals surface area contributed by atoms with Gasteiger partial charge in [-0.15, -0.1) is 0 Å². The zero-order valence-electron chi connectivity index (χ0n) is 25.0. The first-order valence-corrected chi connectivity index (χ1v) is 15.1. The monoisotopic (exact) mass is 628 g/mol. The molecule has 12 nitrogen and oxygen atoms in total. The lowest BCUT2D eigenvalue weighted by atomic mass is 10.0. The topological polar surface area (TPSA) is 160 Å². The highest BCUT2D eigenvalue weighted by atomic mass is 16.2. The Bertz CT molecular complexity index is 2080. The van der Waals surface area contributed by atoms with Gasteiger partial charge in [-0.1, -0.05) is 42.5 Å². The first-order chi connectivity index (χ1) is 22.8. The van der Waals surface area contributed by atoms with Gasteiger partial charge in [0.1, 0.15) is 18.2 Å². The predicted molar refractivity (Wildman–Crippen MR) is 171 cm³/mol. The van der Waals surface area contributed by atoms with E-state index in [-0.39, 0.29) is 48.7 Å². The van der Waals surface area contributed by atoms with E-state index in [0.29, 0.717) is 12.2 Å². The Labute approximate surface area is 267 Å². The summed E-state index contributed by atoms with van der Waals surface area (Å²) in [7, 11) is 0. The van der Waals surface area contributed by atoms with E-state index in [9.17, 15) is 28.8 Å². The number of nitrogens with zero attached hydrogens (tertiary/aromatic N) is 3. The van der Waals surface area contributed by atoms with Crippen LogP contribution in [0.5, 0.6) is 0 Å². The number of fused-ring (bicyclic) bond motifs is 4. The van der Waals surface area contributed by atoms with Crippen molar-refractivity contribution in [3.8, 4) is 0 Å². The fourth-order valence-corrected chi connectivity index (χ4v) is 6.15. The third kappa shape index (κ3) is 5.61. The van der Waals surface area contributed by atoms with Gasteiger partial charge < -0.3 is 15.2 Å². The van der Waals surface area contributed by atoms with E-state index in [0.717, 1.165) is 38.0 Å². The summed E-state index contributed by atoms with van der Waals surface area (Å²) in [6.07, 6.45) is 1.86. The average Bonchev–Trinajstić information content (AvgIpc) is 3.51. The summed E-state index contributed by atoms with van der Waals surface area (Å²) >= 11 is 0. The lowest BCUT2D eigenvalue weighted by Crippen LogP contribution is -2.54. The van der Waals surface area contributed by atoms with Gasteiger partial charge in [-0.05, 0) is 53.9 Å². The minimum atomic E-state index is -1.06. The number of pyridine rings is 1. The van der Waals surface area contributed by atoms with Crippen LogP contribution in [0.25, 0.3) is 21.9 Å². The summed E-state index contributed by atoms with van der Waals surface area (Å²) in [6.45, 7) is 0.435.